The van der Waals surface area contributed by atoms with Crippen molar-refractivity contribution in [2.24, 2.45) is 0 Å². The van der Waals surface area contributed by atoms with Gasteiger partial charge in [0.25, 0.3) is 0 Å². The molecule has 3 rings (SSSR count). The summed E-state index contributed by atoms with van der Waals surface area (Å²) in [6.45, 7) is 1.99. The molecular weight excluding hydrogens is 309 g/mol. The fourth-order valence-corrected chi connectivity index (χ4v) is 2.48. The van der Waals surface area contributed by atoms with Crippen molar-refractivity contribution >= 4 is 27.4 Å². The van der Waals surface area contributed by atoms with E-state index in [4.69, 9.17) is 5.73 Å². The van der Waals surface area contributed by atoms with Crippen molar-refractivity contribution in [3.05, 3.63) is 52.4 Å². The normalized spacial score (nSPS) is 11.1. The van der Waals surface area contributed by atoms with Gasteiger partial charge in [0.2, 0.25) is 0 Å². The van der Waals surface area contributed by atoms with Crippen LogP contribution in [0.2, 0.25) is 0 Å². The van der Waals surface area contributed by atoms with Crippen LogP contribution in [0.1, 0.15) is 5.56 Å². The molecule has 0 atom stereocenters. The first kappa shape index (κ1) is 12.2. The highest BCUT2D eigenvalue weighted by Gasteiger charge is 2.14. The topological polar surface area (TPSA) is 43.3 Å². The Morgan fingerprint density at radius 2 is 2.05 bits per heavy atom. The van der Waals surface area contributed by atoms with E-state index in [2.05, 4.69) is 20.9 Å². The van der Waals surface area contributed by atoms with Gasteiger partial charge >= 0.3 is 0 Å². The summed E-state index contributed by atoms with van der Waals surface area (Å²) in [4.78, 5) is 4.49. The molecule has 0 bridgehead atoms. The van der Waals surface area contributed by atoms with Crippen LogP contribution >= 0.6 is 15.9 Å². The zero-order valence-corrected chi connectivity index (χ0v) is 11.8. The zero-order chi connectivity index (χ0) is 13.6. The van der Waals surface area contributed by atoms with Gasteiger partial charge in [-0.1, -0.05) is 15.9 Å². The van der Waals surface area contributed by atoms with Gasteiger partial charge in [-0.15, -0.1) is 0 Å². The Kier molecular flexibility index (Phi) is 2.78. The van der Waals surface area contributed by atoms with E-state index >= 15 is 0 Å². The maximum absolute atomic E-state index is 13.4. The first-order chi connectivity index (χ1) is 9.06. The summed E-state index contributed by atoms with van der Waals surface area (Å²) in [6, 6.07) is 8.36. The van der Waals surface area contributed by atoms with Gasteiger partial charge < -0.3 is 5.73 Å². The Morgan fingerprint density at radius 3 is 2.84 bits per heavy atom. The lowest BCUT2D eigenvalue weighted by atomic mass is 10.1. The summed E-state index contributed by atoms with van der Waals surface area (Å²) in [5.41, 5.74) is 9.18. The summed E-state index contributed by atoms with van der Waals surface area (Å²) in [5.74, 6) is 0.187. The predicted octanol–water partition coefficient (Wildman–Crippen LogP) is 3.79. The number of nitrogen functional groups attached to an aromatic ring is 1. The predicted molar refractivity (Wildman–Crippen MR) is 77.4 cm³/mol. The van der Waals surface area contributed by atoms with Crippen LogP contribution in [0, 0.1) is 12.7 Å². The summed E-state index contributed by atoms with van der Waals surface area (Å²) in [5, 5.41) is 0. The Bertz CT molecular complexity index is 780. The number of rotatable bonds is 1. The molecule has 0 amide bonds. The molecule has 0 unspecified atom stereocenters. The third-order valence-electron chi connectivity index (χ3n) is 3.00. The molecule has 1 aromatic carbocycles. The molecule has 0 saturated heterocycles. The number of nitrogens with two attached hydrogens (primary N) is 1. The number of anilines is 1. The molecule has 2 aromatic heterocycles. The molecule has 0 aliphatic carbocycles. The minimum absolute atomic E-state index is 0.314. The molecule has 3 aromatic rings. The maximum atomic E-state index is 13.4. The van der Waals surface area contributed by atoms with Crippen LogP contribution < -0.4 is 5.73 Å². The third kappa shape index (κ3) is 2.00. The molecule has 0 radical (unpaired) electrons. The number of aromatic nitrogens is 2. The van der Waals surface area contributed by atoms with Gasteiger partial charge in [0, 0.05) is 16.2 Å². The van der Waals surface area contributed by atoms with Gasteiger partial charge in [0.05, 0.1) is 0 Å². The van der Waals surface area contributed by atoms with Crippen LogP contribution in [-0.4, -0.2) is 9.38 Å². The molecule has 2 N–H and O–H groups in total. The van der Waals surface area contributed by atoms with Gasteiger partial charge in [-0.05, 0) is 42.8 Å². The highest BCUT2D eigenvalue weighted by Crippen LogP contribution is 2.32. The Labute approximate surface area is 118 Å². The summed E-state index contributed by atoms with van der Waals surface area (Å²) in [7, 11) is 0. The van der Waals surface area contributed by atoms with Crippen molar-refractivity contribution in [2.45, 2.75) is 6.92 Å². The maximum Gasteiger partial charge on any atom is 0.139 e. The second-order valence-corrected chi connectivity index (χ2v) is 5.26. The molecule has 3 nitrogen and oxygen atoms in total. The first-order valence-electron chi connectivity index (χ1n) is 5.76. The van der Waals surface area contributed by atoms with Crippen LogP contribution in [0.25, 0.3) is 16.9 Å². The van der Waals surface area contributed by atoms with Gasteiger partial charge in [-0.2, -0.15) is 0 Å². The summed E-state index contributed by atoms with van der Waals surface area (Å²) >= 11 is 3.40. The Balaban J connectivity index is 2.30. The van der Waals surface area contributed by atoms with Crippen LogP contribution in [0.15, 0.2) is 41.0 Å². The van der Waals surface area contributed by atoms with Crippen molar-refractivity contribution in [2.75, 3.05) is 5.73 Å². The van der Waals surface area contributed by atoms with Gasteiger partial charge in [-0.25, -0.2) is 9.37 Å². The van der Waals surface area contributed by atoms with E-state index in [1.165, 1.54) is 12.1 Å². The van der Waals surface area contributed by atoms with Crippen molar-refractivity contribution < 1.29 is 4.39 Å². The van der Waals surface area contributed by atoms with Crippen LogP contribution in [0.3, 0.4) is 0 Å². The summed E-state index contributed by atoms with van der Waals surface area (Å²) < 4.78 is 15.9. The van der Waals surface area contributed by atoms with Gasteiger partial charge in [0.1, 0.15) is 23.0 Å². The quantitative estimate of drug-likeness (QED) is 0.741. The molecule has 0 fully saturated rings. The average molecular weight is 320 g/mol. The van der Waals surface area contributed by atoms with E-state index in [-0.39, 0.29) is 5.82 Å². The largest absolute Gasteiger partial charge is 0.383 e. The SMILES string of the molecule is Cc1ccn2c(N)c(-c3cc(F)ccc3Br)nc2c1. The average Bonchev–Trinajstić information content (AvgIpc) is 2.69. The van der Waals surface area contributed by atoms with Crippen molar-refractivity contribution in [1.29, 1.82) is 0 Å². The smallest absolute Gasteiger partial charge is 0.139 e. The van der Waals surface area contributed by atoms with Crippen LogP contribution in [0.4, 0.5) is 10.2 Å². The molecular formula is C14H11BrFN3. The molecule has 0 aliphatic rings. The van der Waals surface area contributed by atoms with E-state index in [9.17, 15) is 4.39 Å². The molecule has 0 aliphatic heterocycles. The lowest BCUT2D eigenvalue weighted by Gasteiger charge is -2.02. The number of fused-ring (bicyclic) bond motifs is 1. The van der Waals surface area contributed by atoms with Crippen LogP contribution in [-0.2, 0) is 0 Å². The molecule has 0 saturated carbocycles. The van der Waals surface area contributed by atoms with E-state index in [0.717, 1.165) is 15.7 Å². The molecule has 5 heteroatoms. The lowest BCUT2D eigenvalue weighted by molar-refractivity contribution is 0.628. The van der Waals surface area contributed by atoms with E-state index in [1.807, 2.05) is 25.3 Å². The minimum atomic E-state index is -0.314. The van der Waals surface area contributed by atoms with Crippen LogP contribution in [0.5, 0.6) is 0 Å². The molecule has 96 valence electrons. The first-order valence-corrected chi connectivity index (χ1v) is 6.55. The van der Waals surface area contributed by atoms with Gasteiger partial charge in [-0.3, -0.25) is 4.40 Å². The second kappa shape index (κ2) is 4.35. The highest BCUT2D eigenvalue weighted by molar-refractivity contribution is 9.10. The number of hydrogen-bond donors (Lipinski definition) is 1. The van der Waals surface area contributed by atoms with E-state index in [0.29, 0.717) is 17.1 Å². The number of pyridine rings is 1. The summed E-state index contributed by atoms with van der Waals surface area (Å²) in [6.07, 6.45) is 1.86. The number of aryl methyl sites for hydroxylation is 1. The van der Waals surface area contributed by atoms with E-state index < -0.39 is 0 Å². The van der Waals surface area contributed by atoms with Crippen molar-refractivity contribution in [3.63, 3.8) is 0 Å². The fraction of sp³-hybridized carbons (Fsp3) is 0.0714. The molecule has 2 heterocycles. The Morgan fingerprint density at radius 1 is 1.26 bits per heavy atom. The lowest BCUT2D eigenvalue weighted by Crippen LogP contribution is -1.94. The van der Waals surface area contributed by atoms with Crippen molar-refractivity contribution in [3.8, 4) is 11.3 Å². The fourth-order valence-electron chi connectivity index (χ4n) is 2.04. The number of benzene rings is 1. The van der Waals surface area contributed by atoms with E-state index in [1.54, 1.807) is 10.5 Å². The number of halogens is 2. The monoisotopic (exact) mass is 319 g/mol. The number of hydrogen-bond acceptors (Lipinski definition) is 2. The standard InChI is InChI=1S/C14H11BrFN3/c1-8-4-5-19-12(6-8)18-13(14(19)17)10-7-9(16)2-3-11(10)15/h2-7H,17H2,1H3. The third-order valence-corrected chi connectivity index (χ3v) is 3.69. The Hall–Kier alpha value is -1.88. The highest BCUT2D eigenvalue weighted by atomic mass is 79.9. The minimum Gasteiger partial charge on any atom is -0.383 e. The number of imidazole rings is 1. The zero-order valence-electron chi connectivity index (χ0n) is 10.2. The second-order valence-electron chi connectivity index (χ2n) is 4.40. The molecule has 0 spiro atoms. The van der Waals surface area contributed by atoms with Gasteiger partial charge in [0.15, 0.2) is 0 Å². The number of nitrogens with zero attached hydrogens (tertiary/aromatic N) is 2. The molecule has 19 heavy (non-hydrogen) atoms. The van der Waals surface area contributed by atoms with Crippen molar-refractivity contribution in [1.82, 2.24) is 9.38 Å².